The summed E-state index contributed by atoms with van der Waals surface area (Å²) in [4.78, 5) is 13.0. The standard InChI is InChI=1S/C30H42N2O6S/c1-21(2)20-32(39(35,36)26-11-9-25(37-4)10-12-26)27-13-8-23(18-28(27)33)7-6-22(3)31-29(34)24-14-16-30(19-24)15-5-17-38-30/h8-13,18,21-22,24,33H,5-7,14-17,19-20H2,1-4H3,(H,31,34)/t22-,24?,30?/m0/s1. The highest BCUT2D eigenvalue weighted by atomic mass is 32.2. The molecule has 4 rings (SSSR count). The van der Waals surface area contributed by atoms with E-state index in [1.807, 2.05) is 26.8 Å². The van der Waals surface area contributed by atoms with Gasteiger partial charge in [-0.05, 0) is 99.7 Å². The molecule has 9 heteroatoms. The van der Waals surface area contributed by atoms with Crippen LogP contribution in [0, 0.1) is 11.8 Å². The number of phenols is 1. The van der Waals surface area contributed by atoms with E-state index in [0.29, 0.717) is 18.6 Å². The Balaban J connectivity index is 1.39. The van der Waals surface area contributed by atoms with Gasteiger partial charge in [0.05, 0.1) is 23.3 Å². The third-order valence-electron chi connectivity index (χ3n) is 7.86. The predicted octanol–water partition coefficient (Wildman–Crippen LogP) is 5.04. The van der Waals surface area contributed by atoms with E-state index >= 15 is 0 Å². The average Bonchev–Trinajstić information content (AvgIpc) is 3.55. The van der Waals surface area contributed by atoms with E-state index in [2.05, 4.69) is 5.32 Å². The summed E-state index contributed by atoms with van der Waals surface area (Å²) < 4.78 is 39.5. The molecule has 8 nitrogen and oxygen atoms in total. The normalized spacial score (nSPS) is 21.8. The van der Waals surface area contributed by atoms with Crippen LogP contribution in [0.5, 0.6) is 11.5 Å². The number of hydrogen-bond acceptors (Lipinski definition) is 6. The maximum Gasteiger partial charge on any atom is 0.264 e. The fourth-order valence-electron chi connectivity index (χ4n) is 5.71. The lowest BCUT2D eigenvalue weighted by Crippen LogP contribution is -2.37. The Morgan fingerprint density at radius 3 is 2.54 bits per heavy atom. The summed E-state index contributed by atoms with van der Waals surface area (Å²) in [6, 6.07) is 11.3. The molecule has 2 aromatic carbocycles. The third kappa shape index (κ3) is 6.87. The number of aryl methyl sites for hydroxylation is 1. The zero-order chi connectivity index (χ0) is 28.2. The number of sulfonamides is 1. The Morgan fingerprint density at radius 1 is 1.18 bits per heavy atom. The van der Waals surface area contributed by atoms with Crippen LogP contribution in [-0.2, 0) is 26.0 Å². The number of benzene rings is 2. The van der Waals surface area contributed by atoms with Gasteiger partial charge in [-0.3, -0.25) is 9.10 Å². The summed E-state index contributed by atoms with van der Waals surface area (Å²) in [5.41, 5.74) is 1.05. The van der Waals surface area contributed by atoms with Gasteiger partial charge in [-0.15, -0.1) is 0 Å². The van der Waals surface area contributed by atoms with Crippen molar-refractivity contribution < 1.29 is 27.8 Å². The molecule has 1 aliphatic carbocycles. The fraction of sp³-hybridized carbons (Fsp3) is 0.567. The number of rotatable bonds is 11. The number of ether oxygens (including phenoxy) is 2. The quantitative estimate of drug-likeness (QED) is 0.400. The van der Waals surface area contributed by atoms with E-state index in [0.717, 1.165) is 44.3 Å². The molecule has 2 unspecified atom stereocenters. The van der Waals surface area contributed by atoms with Crippen LogP contribution in [0.15, 0.2) is 47.4 Å². The molecule has 1 heterocycles. The molecule has 0 aromatic heterocycles. The van der Waals surface area contributed by atoms with Crippen molar-refractivity contribution in [1.29, 1.82) is 0 Å². The minimum absolute atomic E-state index is 0.00784. The molecule has 1 aliphatic heterocycles. The molecule has 214 valence electrons. The lowest BCUT2D eigenvalue weighted by atomic mass is 9.96. The fourth-order valence-corrected chi connectivity index (χ4v) is 7.35. The highest BCUT2D eigenvalue weighted by molar-refractivity contribution is 7.92. The molecule has 3 atom stereocenters. The first-order chi connectivity index (χ1) is 18.5. The van der Waals surface area contributed by atoms with Crippen LogP contribution in [-0.4, -0.2) is 51.3 Å². The van der Waals surface area contributed by atoms with Gasteiger partial charge in [0.2, 0.25) is 5.91 Å². The van der Waals surface area contributed by atoms with Gasteiger partial charge in [0.15, 0.2) is 0 Å². The average molecular weight is 559 g/mol. The van der Waals surface area contributed by atoms with Crippen molar-refractivity contribution >= 4 is 21.6 Å². The Bertz CT molecular complexity index is 1240. The largest absolute Gasteiger partial charge is 0.506 e. The number of anilines is 1. The van der Waals surface area contributed by atoms with E-state index in [4.69, 9.17) is 9.47 Å². The first kappa shape index (κ1) is 29.2. The van der Waals surface area contributed by atoms with E-state index in [-0.39, 0.29) is 52.3 Å². The monoisotopic (exact) mass is 558 g/mol. The van der Waals surface area contributed by atoms with Crippen LogP contribution in [0.3, 0.4) is 0 Å². The number of carbonyl (C=O) groups is 1. The number of phenolic OH excluding ortho intramolecular Hbond substituents is 1. The summed E-state index contributed by atoms with van der Waals surface area (Å²) >= 11 is 0. The van der Waals surface area contributed by atoms with Crippen molar-refractivity contribution in [3.05, 3.63) is 48.0 Å². The van der Waals surface area contributed by atoms with Gasteiger partial charge in [0.25, 0.3) is 10.0 Å². The number of hydrogen-bond donors (Lipinski definition) is 2. The molecule has 1 spiro atoms. The third-order valence-corrected chi connectivity index (χ3v) is 9.66. The van der Waals surface area contributed by atoms with Gasteiger partial charge in [-0.2, -0.15) is 0 Å². The Hall–Kier alpha value is -2.78. The summed E-state index contributed by atoms with van der Waals surface area (Å²) in [6.07, 6.45) is 6.14. The second-order valence-corrected chi connectivity index (χ2v) is 13.3. The second-order valence-electron chi connectivity index (χ2n) is 11.5. The SMILES string of the molecule is COc1ccc(S(=O)(=O)N(CC(C)C)c2ccc(CC[C@H](C)NC(=O)C3CCC4(CCCO4)C3)cc2O)cc1. The van der Waals surface area contributed by atoms with Crippen molar-refractivity contribution in [2.75, 3.05) is 24.6 Å². The molecular formula is C30H42N2O6S. The van der Waals surface area contributed by atoms with Gasteiger partial charge in [0.1, 0.15) is 11.5 Å². The second kappa shape index (κ2) is 12.2. The van der Waals surface area contributed by atoms with Crippen LogP contribution in [0.4, 0.5) is 5.69 Å². The van der Waals surface area contributed by atoms with E-state index in [9.17, 15) is 18.3 Å². The van der Waals surface area contributed by atoms with Gasteiger partial charge in [-0.25, -0.2) is 8.42 Å². The van der Waals surface area contributed by atoms with Gasteiger partial charge in [0, 0.05) is 25.1 Å². The molecule has 2 N–H and O–H groups in total. The van der Waals surface area contributed by atoms with Crippen LogP contribution in [0.25, 0.3) is 0 Å². The predicted molar refractivity (Wildman–Crippen MR) is 152 cm³/mol. The first-order valence-electron chi connectivity index (χ1n) is 14.0. The minimum Gasteiger partial charge on any atom is -0.506 e. The summed E-state index contributed by atoms with van der Waals surface area (Å²) in [5.74, 6) is 0.623. The maximum absolute atomic E-state index is 13.5. The zero-order valence-electron chi connectivity index (χ0n) is 23.5. The summed E-state index contributed by atoms with van der Waals surface area (Å²) in [6.45, 7) is 6.89. The van der Waals surface area contributed by atoms with Crippen molar-refractivity contribution in [3.8, 4) is 11.5 Å². The molecule has 0 radical (unpaired) electrons. The van der Waals surface area contributed by atoms with E-state index in [1.54, 1.807) is 24.3 Å². The minimum atomic E-state index is -3.90. The first-order valence-corrected chi connectivity index (χ1v) is 15.4. The number of aromatic hydroxyl groups is 1. The number of carbonyl (C=O) groups excluding carboxylic acids is 1. The van der Waals surface area contributed by atoms with Crippen molar-refractivity contribution in [2.45, 2.75) is 82.3 Å². The Kier molecular flexibility index (Phi) is 9.11. The molecular weight excluding hydrogens is 516 g/mol. The smallest absolute Gasteiger partial charge is 0.264 e. The van der Waals surface area contributed by atoms with Crippen molar-refractivity contribution in [3.63, 3.8) is 0 Å². The lowest BCUT2D eigenvalue weighted by Gasteiger charge is -2.27. The Labute approximate surface area is 232 Å². The molecule has 39 heavy (non-hydrogen) atoms. The van der Waals surface area contributed by atoms with Crippen molar-refractivity contribution in [1.82, 2.24) is 5.32 Å². The summed E-state index contributed by atoms with van der Waals surface area (Å²) in [7, 11) is -2.38. The summed E-state index contributed by atoms with van der Waals surface area (Å²) in [5, 5.41) is 14.1. The topological polar surface area (TPSA) is 105 Å². The lowest BCUT2D eigenvalue weighted by molar-refractivity contribution is -0.126. The highest BCUT2D eigenvalue weighted by Crippen LogP contribution is 2.44. The number of methoxy groups -OCH3 is 1. The molecule has 0 bridgehead atoms. The number of amides is 1. The van der Waals surface area contributed by atoms with Gasteiger partial charge in [-0.1, -0.05) is 19.9 Å². The molecule has 1 saturated heterocycles. The highest BCUT2D eigenvalue weighted by Gasteiger charge is 2.44. The van der Waals surface area contributed by atoms with Crippen LogP contribution >= 0.6 is 0 Å². The molecule has 2 aliphatic rings. The molecule has 1 amide bonds. The van der Waals surface area contributed by atoms with Crippen LogP contribution in [0.2, 0.25) is 0 Å². The maximum atomic E-state index is 13.5. The molecule has 1 saturated carbocycles. The molecule has 2 aromatic rings. The zero-order valence-corrected chi connectivity index (χ0v) is 24.3. The molecule has 2 fully saturated rings. The Morgan fingerprint density at radius 2 is 1.92 bits per heavy atom. The van der Waals surface area contributed by atoms with Gasteiger partial charge >= 0.3 is 0 Å². The van der Waals surface area contributed by atoms with E-state index in [1.165, 1.54) is 23.5 Å². The number of nitrogens with zero attached hydrogens (tertiary/aromatic N) is 1. The van der Waals surface area contributed by atoms with Gasteiger partial charge < -0.3 is 19.9 Å². The van der Waals surface area contributed by atoms with Crippen LogP contribution < -0.4 is 14.4 Å². The van der Waals surface area contributed by atoms with Crippen molar-refractivity contribution in [2.24, 2.45) is 11.8 Å². The van der Waals surface area contributed by atoms with Crippen LogP contribution in [0.1, 0.15) is 64.9 Å². The number of nitrogens with one attached hydrogen (secondary N) is 1. The van der Waals surface area contributed by atoms with E-state index < -0.39 is 10.0 Å².